The molecule has 0 saturated heterocycles. The number of benzene rings is 2. The van der Waals surface area contributed by atoms with E-state index >= 15 is 0 Å². The van der Waals surface area contributed by atoms with E-state index in [9.17, 15) is 9.59 Å². The third-order valence-corrected chi connectivity index (χ3v) is 4.01. The van der Waals surface area contributed by atoms with Crippen LogP contribution < -0.4 is 15.4 Å². The van der Waals surface area contributed by atoms with Crippen LogP contribution in [0, 0.1) is 6.92 Å². The van der Waals surface area contributed by atoms with Gasteiger partial charge in [0.15, 0.2) is 0 Å². The third kappa shape index (κ3) is 5.60. The average molecular weight is 405 g/mol. The summed E-state index contributed by atoms with van der Waals surface area (Å²) in [7, 11) is 0. The highest BCUT2D eigenvalue weighted by atomic mass is 79.9. The van der Waals surface area contributed by atoms with Crippen LogP contribution in [-0.2, 0) is 16.1 Å². The summed E-state index contributed by atoms with van der Waals surface area (Å²) < 4.78 is 6.43. The standard InChI is InChI=1S/C19H21BrN2O3/c1-12(2)25-17-7-5-4-6-14(17)11-21-18(23)19(24)22-16-9-8-13(3)10-15(16)20/h4-10,12H,11H2,1-3H3,(H,21,23)(H,22,24). The predicted octanol–water partition coefficient (Wildman–Crippen LogP) is 3.80. The first-order valence-corrected chi connectivity index (χ1v) is 8.76. The molecule has 0 spiro atoms. The molecule has 0 heterocycles. The summed E-state index contributed by atoms with van der Waals surface area (Å²) >= 11 is 3.37. The Labute approximate surface area is 155 Å². The minimum Gasteiger partial charge on any atom is -0.491 e. The number of halogens is 1. The fourth-order valence-electron chi connectivity index (χ4n) is 2.18. The van der Waals surface area contributed by atoms with Crippen molar-refractivity contribution in [2.24, 2.45) is 0 Å². The second-order valence-corrected chi connectivity index (χ2v) is 6.75. The van der Waals surface area contributed by atoms with Crippen molar-refractivity contribution in [2.75, 3.05) is 5.32 Å². The molecule has 2 amide bonds. The van der Waals surface area contributed by atoms with Crippen LogP contribution in [0.25, 0.3) is 0 Å². The predicted molar refractivity (Wildman–Crippen MR) is 102 cm³/mol. The van der Waals surface area contributed by atoms with Crippen molar-refractivity contribution in [3.8, 4) is 5.75 Å². The topological polar surface area (TPSA) is 67.4 Å². The summed E-state index contributed by atoms with van der Waals surface area (Å²) in [5, 5.41) is 5.21. The Bertz CT molecular complexity index is 775. The van der Waals surface area contributed by atoms with Crippen LogP contribution in [0.1, 0.15) is 25.0 Å². The van der Waals surface area contributed by atoms with Crippen LogP contribution in [0.2, 0.25) is 0 Å². The number of amides is 2. The quantitative estimate of drug-likeness (QED) is 0.744. The molecule has 0 fully saturated rings. The van der Waals surface area contributed by atoms with Crippen molar-refractivity contribution < 1.29 is 14.3 Å². The lowest BCUT2D eigenvalue weighted by Gasteiger charge is -2.14. The van der Waals surface area contributed by atoms with Crippen LogP contribution in [0.4, 0.5) is 5.69 Å². The Hall–Kier alpha value is -2.34. The van der Waals surface area contributed by atoms with Crippen LogP contribution in [-0.4, -0.2) is 17.9 Å². The Morgan fingerprint density at radius 3 is 2.52 bits per heavy atom. The van der Waals surface area contributed by atoms with Crippen LogP contribution in [0.3, 0.4) is 0 Å². The normalized spacial score (nSPS) is 10.4. The minimum absolute atomic E-state index is 0.0269. The molecular weight excluding hydrogens is 384 g/mol. The number of aryl methyl sites for hydroxylation is 1. The molecule has 2 aromatic rings. The van der Waals surface area contributed by atoms with E-state index in [0.29, 0.717) is 11.4 Å². The van der Waals surface area contributed by atoms with Gasteiger partial charge in [0.05, 0.1) is 11.8 Å². The highest BCUT2D eigenvalue weighted by Gasteiger charge is 2.15. The van der Waals surface area contributed by atoms with Gasteiger partial charge in [-0.05, 0) is 60.5 Å². The molecule has 5 nitrogen and oxygen atoms in total. The number of anilines is 1. The van der Waals surface area contributed by atoms with Gasteiger partial charge < -0.3 is 15.4 Å². The number of para-hydroxylation sites is 1. The molecule has 0 aromatic heterocycles. The van der Waals surface area contributed by atoms with Crippen molar-refractivity contribution >= 4 is 33.4 Å². The molecule has 25 heavy (non-hydrogen) atoms. The van der Waals surface area contributed by atoms with E-state index in [1.807, 2.05) is 57.2 Å². The lowest BCUT2D eigenvalue weighted by molar-refractivity contribution is -0.136. The molecule has 132 valence electrons. The van der Waals surface area contributed by atoms with Crippen molar-refractivity contribution in [3.05, 3.63) is 58.1 Å². The molecule has 0 bridgehead atoms. The zero-order chi connectivity index (χ0) is 18.4. The summed E-state index contributed by atoms with van der Waals surface area (Å²) in [4.78, 5) is 24.1. The van der Waals surface area contributed by atoms with Crippen molar-refractivity contribution in [2.45, 2.75) is 33.4 Å². The van der Waals surface area contributed by atoms with Gasteiger partial charge in [-0.1, -0.05) is 24.3 Å². The van der Waals surface area contributed by atoms with Crippen molar-refractivity contribution in [1.82, 2.24) is 5.32 Å². The molecule has 0 radical (unpaired) electrons. The Kier molecular flexibility index (Phi) is 6.58. The van der Waals surface area contributed by atoms with E-state index in [-0.39, 0.29) is 12.6 Å². The zero-order valence-electron chi connectivity index (χ0n) is 14.4. The maximum Gasteiger partial charge on any atom is 0.313 e. The number of rotatable bonds is 5. The Morgan fingerprint density at radius 1 is 1.12 bits per heavy atom. The van der Waals surface area contributed by atoms with E-state index in [2.05, 4.69) is 26.6 Å². The smallest absolute Gasteiger partial charge is 0.313 e. The first-order chi connectivity index (χ1) is 11.9. The lowest BCUT2D eigenvalue weighted by atomic mass is 10.2. The summed E-state index contributed by atoms with van der Waals surface area (Å²) in [5.74, 6) is -0.724. The average Bonchev–Trinajstić information content (AvgIpc) is 2.55. The van der Waals surface area contributed by atoms with E-state index in [1.165, 1.54) is 0 Å². The number of carbonyl (C=O) groups excluding carboxylic acids is 2. The molecule has 2 aromatic carbocycles. The number of hydrogen-bond donors (Lipinski definition) is 2. The monoisotopic (exact) mass is 404 g/mol. The number of nitrogens with one attached hydrogen (secondary N) is 2. The largest absolute Gasteiger partial charge is 0.491 e. The molecule has 0 aliphatic carbocycles. The minimum atomic E-state index is -0.716. The molecule has 2 N–H and O–H groups in total. The molecule has 0 aliphatic rings. The zero-order valence-corrected chi connectivity index (χ0v) is 16.0. The van der Waals surface area contributed by atoms with E-state index in [4.69, 9.17) is 4.74 Å². The molecule has 0 aliphatic heterocycles. The molecule has 0 unspecified atom stereocenters. The first-order valence-electron chi connectivity index (χ1n) is 7.96. The maximum atomic E-state index is 12.1. The van der Waals surface area contributed by atoms with Gasteiger partial charge in [-0.25, -0.2) is 0 Å². The van der Waals surface area contributed by atoms with Gasteiger partial charge in [-0.2, -0.15) is 0 Å². The summed E-state index contributed by atoms with van der Waals surface area (Å²) in [6.07, 6.45) is 0.0269. The SMILES string of the molecule is Cc1ccc(NC(=O)C(=O)NCc2ccccc2OC(C)C)c(Br)c1. The first kappa shape index (κ1) is 19.0. The second kappa shape index (κ2) is 8.67. The van der Waals surface area contributed by atoms with Gasteiger partial charge in [-0.3, -0.25) is 9.59 Å². The van der Waals surface area contributed by atoms with Crippen molar-refractivity contribution in [1.29, 1.82) is 0 Å². The van der Waals surface area contributed by atoms with Gasteiger partial charge >= 0.3 is 11.8 Å². The van der Waals surface area contributed by atoms with Crippen LogP contribution >= 0.6 is 15.9 Å². The molecule has 2 rings (SSSR count). The maximum absolute atomic E-state index is 12.1. The van der Waals surface area contributed by atoms with E-state index in [1.54, 1.807) is 6.07 Å². The number of ether oxygens (including phenoxy) is 1. The Morgan fingerprint density at radius 2 is 1.84 bits per heavy atom. The van der Waals surface area contributed by atoms with Crippen molar-refractivity contribution in [3.63, 3.8) is 0 Å². The Balaban J connectivity index is 1.97. The van der Waals surface area contributed by atoms with Gasteiger partial charge in [0.1, 0.15) is 5.75 Å². The fraction of sp³-hybridized carbons (Fsp3) is 0.263. The highest BCUT2D eigenvalue weighted by Crippen LogP contribution is 2.23. The number of hydrogen-bond acceptors (Lipinski definition) is 3. The number of carbonyl (C=O) groups is 2. The molecule has 0 atom stereocenters. The van der Waals surface area contributed by atoms with E-state index < -0.39 is 11.8 Å². The molecule has 0 saturated carbocycles. The third-order valence-electron chi connectivity index (χ3n) is 3.35. The summed E-state index contributed by atoms with van der Waals surface area (Å²) in [5.41, 5.74) is 2.42. The lowest BCUT2D eigenvalue weighted by Crippen LogP contribution is -2.35. The van der Waals surface area contributed by atoms with Crippen LogP contribution in [0.5, 0.6) is 5.75 Å². The van der Waals surface area contributed by atoms with E-state index in [0.717, 1.165) is 15.6 Å². The summed E-state index contributed by atoms with van der Waals surface area (Å²) in [6.45, 7) is 6.02. The highest BCUT2D eigenvalue weighted by molar-refractivity contribution is 9.10. The molecule has 6 heteroatoms. The van der Waals surface area contributed by atoms with Gasteiger partial charge in [0.25, 0.3) is 0 Å². The second-order valence-electron chi connectivity index (χ2n) is 5.89. The fourth-order valence-corrected chi connectivity index (χ4v) is 2.77. The van der Waals surface area contributed by atoms with Gasteiger partial charge in [0, 0.05) is 16.6 Å². The summed E-state index contributed by atoms with van der Waals surface area (Å²) in [6, 6.07) is 12.9. The van der Waals surface area contributed by atoms with Crippen LogP contribution in [0.15, 0.2) is 46.9 Å². The molecular formula is C19H21BrN2O3. The van der Waals surface area contributed by atoms with Gasteiger partial charge in [0.2, 0.25) is 0 Å². The van der Waals surface area contributed by atoms with Gasteiger partial charge in [-0.15, -0.1) is 0 Å².